The normalized spacial score (nSPS) is 12.5. The highest BCUT2D eigenvalue weighted by atomic mass is 19.2. The van der Waals surface area contributed by atoms with E-state index in [2.05, 4.69) is 4.98 Å². The van der Waals surface area contributed by atoms with Crippen molar-refractivity contribution in [3.05, 3.63) is 77.5 Å². The second-order valence-electron chi connectivity index (χ2n) is 4.89. The van der Waals surface area contributed by atoms with Crippen molar-refractivity contribution in [1.29, 1.82) is 0 Å². The smallest absolute Gasteiger partial charge is 0.162 e. The van der Waals surface area contributed by atoms with Crippen LogP contribution >= 0.6 is 0 Å². The molecule has 1 aromatic heterocycles. The third-order valence-corrected chi connectivity index (χ3v) is 3.46. The molecule has 1 heterocycles. The van der Waals surface area contributed by atoms with Gasteiger partial charge in [0.15, 0.2) is 11.6 Å². The molecule has 21 heavy (non-hydrogen) atoms. The average Bonchev–Trinajstić information content (AvgIpc) is 2.51. The Kier molecular flexibility index (Phi) is 3.62. The summed E-state index contributed by atoms with van der Waals surface area (Å²) in [6, 6.07) is 13.0. The molecule has 0 bridgehead atoms. The van der Waals surface area contributed by atoms with Crippen LogP contribution in [0.5, 0.6) is 0 Å². The molecule has 0 spiro atoms. The maximum absolute atomic E-state index is 13.6. The Morgan fingerprint density at radius 2 is 1.90 bits per heavy atom. The van der Waals surface area contributed by atoms with E-state index in [0.29, 0.717) is 5.56 Å². The molecule has 0 fully saturated rings. The molecular weight excluding hydrogens is 272 g/mol. The Morgan fingerprint density at radius 1 is 1.05 bits per heavy atom. The molecule has 4 heteroatoms. The van der Waals surface area contributed by atoms with Crippen molar-refractivity contribution in [3.63, 3.8) is 0 Å². The van der Waals surface area contributed by atoms with Crippen LogP contribution in [0.25, 0.3) is 10.9 Å². The molecule has 1 N–H and O–H groups in total. The number of hydrogen-bond acceptors (Lipinski definition) is 2. The summed E-state index contributed by atoms with van der Waals surface area (Å²) in [4.78, 5) is 4.20. The number of hydrogen-bond donors (Lipinski definition) is 1. The van der Waals surface area contributed by atoms with Gasteiger partial charge >= 0.3 is 0 Å². The molecule has 106 valence electrons. The highest BCUT2D eigenvalue weighted by molar-refractivity contribution is 5.79. The second-order valence-corrected chi connectivity index (χ2v) is 4.89. The molecule has 2 aromatic carbocycles. The highest BCUT2D eigenvalue weighted by Crippen LogP contribution is 2.24. The number of pyridine rings is 1. The second kappa shape index (κ2) is 5.58. The minimum absolute atomic E-state index is 0.0232. The Balaban J connectivity index is 1.89. The highest BCUT2D eigenvalue weighted by Gasteiger charge is 2.14. The van der Waals surface area contributed by atoms with Gasteiger partial charge in [0.1, 0.15) is 0 Å². The predicted molar refractivity (Wildman–Crippen MR) is 76.8 cm³/mol. The fourth-order valence-corrected chi connectivity index (χ4v) is 2.33. The largest absolute Gasteiger partial charge is 0.388 e. The molecule has 0 radical (unpaired) electrons. The number of nitrogens with zero attached hydrogens (tertiary/aromatic N) is 1. The molecule has 1 unspecified atom stereocenters. The van der Waals surface area contributed by atoms with Crippen LogP contribution in [0.15, 0.2) is 54.7 Å². The van der Waals surface area contributed by atoms with Crippen molar-refractivity contribution in [3.8, 4) is 0 Å². The minimum atomic E-state index is -0.904. The van der Waals surface area contributed by atoms with E-state index in [1.807, 2.05) is 18.2 Å². The maximum atomic E-state index is 13.6. The zero-order valence-electron chi connectivity index (χ0n) is 11.1. The summed E-state index contributed by atoms with van der Waals surface area (Å²) in [7, 11) is 0. The number of aliphatic hydroxyl groups is 1. The van der Waals surface area contributed by atoms with Gasteiger partial charge < -0.3 is 5.11 Å². The van der Waals surface area contributed by atoms with E-state index >= 15 is 0 Å². The SMILES string of the molecule is OC(Cc1cccc(F)c1F)c1ccc2ncccc2c1. The molecule has 0 amide bonds. The van der Waals surface area contributed by atoms with Crippen LogP contribution in [0.4, 0.5) is 8.78 Å². The van der Waals surface area contributed by atoms with Crippen molar-refractivity contribution >= 4 is 10.9 Å². The maximum Gasteiger partial charge on any atom is 0.162 e. The number of fused-ring (bicyclic) bond motifs is 1. The lowest BCUT2D eigenvalue weighted by Gasteiger charge is -2.12. The van der Waals surface area contributed by atoms with Gasteiger partial charge in [-0.05, 0) is 35.4 Å². The van der Waals surface area contributed by atoms with E-state index in [0.717, 1.165) is 17.0 Å². The first-order valence-corrected chi connectivity index (χ1v) is 6.61. The van der Waals surface area contributed by atoms with E-state index in [4.69, 9.17) is 0 Å². The van der Waals surface area contributed by atoms with Crippen molar-refractivity contribution in [2.75, 3.05) is 0 Å². The van der Waals surface area contributed by atoms with Gasteiger partial charge in [0.2, 0.25) is 0 Å². The molecule has 0 aliphatic heterocycles. The van der Waals surface area contributed by atoms with Crippen LogP contribution in [0.3, 0.4) is 0 Å². The van der Waals surface area contributed by atoms with Gasteiger partial charge in [0, 0.05) is 18.0 Å². The number of aromatic nitrogens is 1. The first kappa shape index (κ1) is 13.6. The first-order chi connectivity index (χ1) is 10.1. The van der Waals surface area contributed by atoms with E-state index in [1.54, 1.807) is 18.3 Å². The van der Waals surface area contributed by atoms with Gasteiger partial charge in [-0.15, -0.1) is 0 Å². The molecule has 3 aromatic rings. The minimum Gasteiger partial charge on any atom is -0.388 e. The monoisotopic (exact) mass is 285 g/mol. The molecular formula is C17H13F2NO. The van der Waals surface area contributed by atoms with Gasteiger partial charge in [-0.25, -0.2) is 8.78 Å². The first-order valence-electron chi connectivity index (χ1n) is 6.61. The Hall–Kier alpha value is -2.33. The van der Waals surface area contributed by atoms with E-state index in [9.17, 15) is 13.9 Å². The summed E-state index contributed by atoms with van der Waals surface area (Å²) in [6.07, 6.45) is 0.821. The summed E-state index contributed by atoms with van der Waals surface area (Å²) in [5.41, 5.74) is 1.64. The lowest BCUT2D eigenvalue weighted by molar-refractivity contribution is 0.177. The van der Waals surface area contributed by atoms with Crippen LogP contribution in [-0.4, -0.2) is 10.1 Å². The summed E-state index contributed by atoms with van der Waals surface area (Å²) in [6.45, 7) is 0. The molecule has 0 saturated heterocycles. The van der Waals surface area contributed by atoms with Crippen molar-refractivity contribution in [2.24, 2.45) is 0 Å². The average molecular weight is 285 g/mol. The summed E-state index contributed by atoms with van der Waals surface area (Å²) < 4.78 is 26.8. The van der Waals surface area contributed by atoms with Crippen LogP contribution in [0.2, 0.25) is 0 Å². The predicted octanol–water partition coefficient (Wildman–Crippen LogP) is 3.79. The Morgan fingerprint density at radius 3 is 2.76 bits per heavy atom. The van der Waals surface area contributed by atoms with Gasteiger partial charge in [-0.2, -0.15) is 0 Å². The van der Waals surface area contributed by atoms with Gasteiger partial charge in [-0.1, -0.05) is 24.3 Å². The third kappa shape index (κ3) is 2.76. The van der Waals surface area contributed by atoms with Gasteiger partial charge in [0.25, 0.3) is 0 Å². The van der Waals surface area contributed by atoms with Crippen LogP contribution in [-0.2, 0) is 6.42 Å². The van der Waals surface area contributed by atoms with E-state index in [-0.39, 0.29) is 12.0 Å². The Labute approximate surface area is 120 Å². The van der Waals surface area contributed by atoms with Crippen LogP contribution < -0.4 is 0 Å². The zero-order valence-corrected chi connectivity index (χ0v) is 11.1. The lowest BCUT2D eigenvalue weighted by atomic mass is 9.99. The van der Waals surface area contributed by atoms with Crippen molar-refractivity contribution in [2.45, 2.75) is 12.5 Å². The van der Waals surface area contributed by atoms with E-state index < -0.39 is 17.7 Å². The molecule has 3 rings (SSSR count). The molecule has 1 atom stereocenters. The molecule has 0 saturated carbocycles. The Bertz CT molecular complexity index is 789. The number of aliphatic hydroxyl groups excluding tert-OH is 1. The number of rotatable bonds is 3. The van der Waals surface area contributed by atoms with Crippen LogP contribution in [0, 0.1) is 11.6 Å². The zero-order chi connectivity index (χ0) is 14.8. The third-order valence-electron chi connectivity index (χ3n) is 3.46. The quantitative estimate of drug-likeness (QED) is 0.794. The number of benzene rings is 2. The molecule has 2 nitrogen and oxygen atoms in total. The summed E-state index contributed by atoms with van der Waals surface area (Å²) in [5.74, 6) is -1.80. The van der Waals surface area contributed by atoms with Crippen LogP contribution in [0.1, 0.15) is 17.2 Å². The van der Waals surface area contributed by atoms with Crippen molar-refractivity contribution < 1.29 is 13.9 Å². The number of halogens is 2. The van der Waals surface area contributed by atoms with Gasteiger partial charge in [-0.3, -0.25) is 4.98 Å². The lowest BCUT2D eigenvalue weighted by Crippen LogP contribution is -2.04. The van der Waals surface area contributed by atoms with E-state index in [1.165, 1.54) is 12.1 Å². The fraction of sp³-hybridized carbons (Fsp3) is 0.118. The van der Waals surface area contributed by atoms with Gasteiger partial charge in [0.05, 0.1) is 11.6 Å². The summed E-state index contributed by atoms with van der Waals surface area (Å²) in [5, 5.41) is 11.1. The topological polar surface area (TPSA) is 33.1 Å². The summed E-state index contributed by atoms with van der Waals surface area (Å²) >= 11 is 0. The standard InChI is InChI=1S/C17H13F2NO/c18-14-5-1-3-13(17(14)19)10-16(21)12-6-7-15-11(9-12)4-2-8-20-15/h1-9,16,21H,10H2. The van der Waals surface area contributed by atoms with Crippen molar-refractivity contribution in [1.82, 2.24) is 4.98 Å². The molecule has 0 aliphatic rings. The molecule has 0 aliphatic carbocycles. The fourth-order valence-electron chi connectivity index (χ4n) is 2.33.